The van der Waals surface area contributed by atoms with Crippen LogP contribution in [0.1, 0.15) is 6.42 Å². The van der Waals surface area contributed by atoms with Crippen molar-refractivity contribution in [3.8, 4) is 0 Å². The summed E-state index contributed by atoms with van der Waals surface area (Å²) in [6, 6.07) is 0.190. The molecule has 0 fully saturated rings. The molecular weight excluding hydrogens is 172 g/mol. The molecule has 0 saturated carbocycles. The maximum atomic E-state index is 5.76. The second kappa shape index (κ2) is 2.79. The molecule has 2 nitrogen and oxygen atoms in total. The van der Waals surface area contributed by atoms with Gasteiger partial charge in [0, 0.05) is 5.70 Å². The highest BCUT2D eigenvalue weighted by molar-refractivity contribution is 6.68. The molecule has 0 bridgehead atoms. The average molecular weight is 181 g/mol. The van der Waals surface area contributed by atoms with E-state index in [1.54, 1.807) is 6.08 Å². The fourth-order valence-corrected chi connectivity index (χ4v) is 1.56. The summed E-state index contributed by atoms with van der Waals surface area (Å²) in [5.74, 6) is 0. The molecule has 12 heavy (non-hydrogen) atoms. The molecule has 3 heteroatoms. The van der Waals surface area contributed by atoms with Crippen molar-refractivity contribution in [1.82, 2.24) is 0 Å². The van der Waals surface area contributed by atoms with E-state index in [1.165, 1.54) is 0 Å². The van der Waals surface area contributed by atoms with Gasteiger partial charge in [0.2, 0.25) is 0 Å². The number of nitrogens with zero attached hydrogens (tertiary/aromatic N) is 1. The third-order valence-corrected chi connectivity index (χ3v) is 2.21. The summed E-state index contributed by atoms with van der Waals surface area (Å²) in [6.07, 6.45) is 8.54. The van der Waals surface area contributed by atoms with Crippen molar-refractivity contribution >= 4 is 16.8 Å². The minimum atomic E-state index is 0.190. The molecule has 0 aromatic carbocycles. The first-order valence-electron chi connectivity index (χ1n) is 3.84. The molecule has 0 radical (unpaired) electrons. The smallest absolute Gasteiger partial charge is 0.124 e. The third-order valence-electron chi connectivity index (χ3n) is 1.99. The number of halogens is 1. The predicted molar refractivity (Wildman–Crippen MR) is 51.2 cm³/mol. The highest BCUT2D eigenvalue weighted by Gasteiger charge is 2.16. The topological polar surface area (TPSA) is 38.4 Å². The van der Waals surface area contributed by atoms with E-state index >= 15 is 0 Å². The van der Waals surface area contributed by atoms with E-state index in [-0.39, 0.29) is 6.04 Å². The first-order chi connectivity index (χ1) is 5.75. The number of hydrogen-bond acceptors (Lipinski definition) is 2. The number of hydrogen-bond donors (Lipinski definition) is 1. The SMILES string of the molecule is NC1=CC[C@@H]2N=C(Cl)C=CC2=C1. The number of rotatable bonds is 0. The van der Waals surface area contributed by atoms with Gasteiger partial charge in [-0.15, -0.1) is 0 Å². The van der Waals surface area contributed by atoms with E-state index in [4.69, 9.17) is 17.3 Å². The van der Waals surface area contributed by atoms with Gasteiger partial charge in [0.05, 0.1) is 6.04 Å². The van der Waals surface area contributed by atoms with Gasteiger partial charge in [0.25, 0.3) is 0 Å². The summed E-state index contributed by atoms with van der Waals surface area (Å²) in [5, 5.41) is 0.575. The van der Waals surface area contributed by atoms with Crippen LogP contribution in [0.3, 0.4) is 0 Å². The van der Waals surface area contributed by atoms with E-state index in [9.17, 15) is 0 Å². The molecular formula is C9H9ClN2. The second-order valence-corrected chi connectivity index (χ2v) is 3.27. The molecule has 0 amide bonds. The number of nitrogens with two attached hydrogens (primary N) is 1. The van der Waals surface area contributed by atoms with Crippen molar-refractivity contribution in [2.45, 2.75) is 12.5 Å². The zero-order valence-corrected chi connectivity index (χ0v) is 7.25. The molecule has 0 aromatic heterocycles. The lowest BCUT2D eigenvalue weighted by atomic mass is 9.96. The normalized spacial score (nSPS) is 27.1. The van der Waals surface area contributed by atoms with E-state index in [0.29, 0.717) is 5.17 Å². The molecule has 62 valence electrons. The summed E-state index contributed by atoms with van der Waals surface area (Å²) in [7, 11) is 0. The van der Waals surface area contributed by atoms with E-state index in [2.05, 4.69) is 4.99 Å². The Labute approximate surface area is 76.1 Å². The van der Waals surface area contributed by atoms with Crippen LogP contribution in [-0.4, -0.2) is 11.2 Å². The minimum absolute atomic E-state index is 0.190. The fraction of sp³-hybridized carbons (Fsp3) is 0.222. The summed E-state index contributed by atoms with van der Waals surface area (Å²) in [6.45, 7) is 0. The maximum Gasteiger partial charge on any atom is 0.124 e. The number of fused-ring (bicyclic) bond motifs is 1. The zero-order chi connectivity index (χ0) is 8.55. The molecule has 0 saturated heterocycles. The van der Waals surface area contributed by atoms with Gasteiger partial charge in [-0.2, -0.15) is 0 Å². The van der Waals surface area contributed by atoms with Crippen molar-refractivity contribution in [2.75, 3.05) is 0 Å². The minimum Gasteiger partial charge on any atom is -0.399 e. The summed E-state index contributed by atoms with van der Waals surface area (Å²) in [5.41, 5.74) is 7.62. The average Bonchev–Trinajstić information content (AvgIpc) is 2.05. The van der Waals surface area contributed by atoms with Crippen LogP contribution in [0, 0.1) is 0 Å². The van der Waals surface area contributed by atoms with Crippen molar-refractivity contribution in [3.63, 3.8) is 0 Å². The molecule has 1 atom stereocenters. The lowest BCUT2D eigenvalue weighted by molar-refractivity contribution is 0.784. The van der Waals surface area contributed by atoms with Gasteiger partial charge < -0.3 is 5.73 Å². The van der Waals surface area contributed by atoms with Crippen molar-refractivity contribution in [1.29, 1.82) is 0 Å². The molecule has 0 spiro atoms. The van der Waals surface area contributed by atoms with Gasteiger partial charge in [0.1, 0.15) is 5.17 Å². The lowest BCUT2D eigenvalue weighted by Gasteiger charge is -2.19. The molecule has 1 aliphatic heterocycles. The van der Waals surface area contributed by atoms with Crippen LogP contribution in [0.2, 0.25) is 0 Å². The van der Waals surface area contributed by atoms with Gasteiger partial charge in [-0.05, 0) is 24.1 Å². The molecule has 2 aliphatic rings. The van der Waals surface area contributed by atoms with Gasteiger partial charge in [-0.1, -0.05) is 23.8 Å². The molecule has 0 aromatic rings. The van der Waals surface area contributed by atoms with Gasteiger partial charge in [-0.25, -0.2) is 0 Å². The van der Waals surface area contributed by atoms with Crippen molar-refractivity contribution in [2.24, 2.45) is 10.7 Å². The Bertz CT molecular complexity index is 323. The maximum absolute atomic E-state index is 5.76. The van der Waals surface area contributed by atoms with Crippen LogP contribution in [0.5, 0.6) is 0 Å². The highest BCUT2D eigenvalue weighted by atomic mass is 35.5. The quantitative estimate of drug-likeness (QED) is 0.606. The zero-order valence-electron chi connectivity index (χ0n) is 6.50. The van der Waals surface area contributed by atoms with Crippen LogP contribution in [-0.2, 0) is 0 Å². The molecule has 1 aliphatic carbocycles. The summed E-state index contributed by atoms with van der Waals surface area (Å²) >= 11 is 5.76. The summed E-state index contributed by atoms with van der Waals surface area (Å²) in [4.78, 5) is 4.27. The molecule has 2 rings (SSSR count). The van der Waals surface area contributed by atoms with E-state index < -0.39 is 0 Å². The molecule has 0 unspecified atom stereocenters. The van der Waals surface area contributed by atoms with Gasteiger partial charge in [0.15, 0.2) is 0 Å². The van der Waals surface area contributed by atoms with Crippen LogP contribution in [0.15, 0.2) is 40.6 Å². The van der Waals surface area contributed by atoms with Gasteiger partial charge in [-0.3, -0.25) is 4.99 Å². The van der Waals surface area contributed by atoms with Crippen LogP contribution < -0.4 is 5.73 Å². The Hall–Kier alpha value is -1.02. The van der Waals surface area contributed by atoms with Gasteiger partial charge >= 0.3 is 0 Å². The largest absolute Gasteiger partial charge is 0.399 e. The summed E-state index contributed by atoms with van der Waals surface area (Å²) < 4.78 is 0. The Morgan fingerprint density at radius 2 is 2.33 bits per heavy atom. The number of allylic oxidation sites excluding steroid dienone is 2. The molecule has 2 N–H and O–H groups in total. The Balaban J connectivity index is 2.33. The van der Waals surface area contributed by atoms with E-state index in [1.807, 2.05) is 18.2 Å². The predicted octanol–water partition coefficient (Wildman–Crippen LogP) is 1.73. The monoisotopic (exact) mass is 180 g/mol. The second-order valence-electron chi connectivity index (χ2n) is 2.89. The third kappa shape index (κ3) is 1.30. The highest BCUT2D eigenvalue weighted by Crippen LogP contribution is 2.23. The lowest BCUT2D eigenvalue weighted by Crippen LogP contribution is -2.16. The Kier molecular flexibility index (Phi) is 1.77. The number of aliphatic imine (C=N–C) groups is 1. The van der Waals surface area contributed by atoms with Crippen LogP contribution >= 0.6 is 11.6 Å². The Morgan fingerprint density at radius 1 is 1.50 bits per heavy atom. The van der Waals surface area contributed by atoms with Crippen molar-refractivity contribution < 1.29 is 0 Å². The van der Waals surface area contributed by atoms with Crippen LogP contribution in [0.25, 0.3) is 0 Å². The Morgan fingerprint density at radius 3 is 3.17 bits per heavy atom. The van der Waals surface area contributed by atoms with E-state index in [0.717, 1.165) is 17.7 Å². The molecule has 1 heterocycles. The standard InChI is InChI=1S/C9H9ClN2/c10-9-4-1-6-5-7(11)2-3-8(6)12-9/h1-2,4-5,8H,3,11H2/t8-/m0/s1. The van der Waals surface area contributed by atoms with Crippen LogP contribution in [0.4, 0.5) is 0 Å². The first kappa shape index (κ1) is 7.62. The number of dihydropyridines is 1. The fourth-order valence-electron chi connectivity index (χ4n) is 1.37. The first-order valence-corrected chi connectivity index (χ1v) is 4.22. The van der Waals surface area contributed by atoms with Crippen molar-refractivity contribution in [3.05, 3.63) is 35.6 Å².